The van der Waals surface area contributed by atoms with Crippen molar-refractivity contribution in [2.24, 2.45) is 0 Å². The molecule has 2 unspecified atom stereocenters. The van der Waals surface area contributed by atoms with E-state index in [1.165, 1.54) is 0 Å². The molecule has 0 bridgehead atoms. The molecule has 2 N–H and O–H groups in total. The molecule has 0 aromatic rings. The Morgan fingerprint density at radius 2 is 1.76 bits per heavy atom. The SMILES string of the molecule is CCCC/C=C/C=C/CC(O)CC(=O)OC(CC(=O)O)C[N+](C)(C)C. The van der Waals surface area contributed by atoms with Gasteiger partial charge in [0.15, 0.2) is 6.10 Å². The van der Waals surface area contributed by atoms with Crippen LogP contribution in [0, 0.1) is 0 Å². The maximum Gasteiger partial charge on any atom is 0.308 e. The van der Waals surface area contributed by atoms with Crippen molar-refractivity contribution in [3.8, 4) is 0 Å². The quantitative estimate of drug-likeness (QED) is 0.229. The second-order valence-electron chi connectivity index (χ2n) is 7.27. The number of aliphatic carboxylic acids is 1. The Balaban J connectivity index is 4.28. The van der Waals surface area contributed by atoms with Crippen molar-refractivity contribution in [1.82, 2.24) is 0 Å². The third-order valence-electron chi connectivity index (χ3n) is 3.37. The molecule has 0 radical (unpaired) electrons. The lowest BCUT2D eigenvalue weighted by molar-refractivity contribution is -0.873. The number of aliphatic hydroxyl groups is 1. The van der Waals surface area contributed by atoms with Crippen LogP contribution in [-0.4, -0.2) is 66.5 Å². The van der Waals surface area contributed by atoms with Gasteiger partial charge in [-0.3, -0.25) is 9.59 Å². The van der Waals surface area contributed by atoms with E-state index in [0.29, 0.717) is 17.4 Å². The van der Waals surface area contributed by atoms with Gasteiger partial charge in [0, 0.05) is 0 Å². The smallest absolute Gasteiger partial charge is 0.308 e. The van der Waals surface area contributed by atoms with Crippen LogP contribution in [0.3, 0.4) is 0 Å². The first-order chi connectivity index (χ1) is 11.6. The van der Waals surface area contributed by atoms with Crippen LogP contribution in [0.15, 0.2) is 24.3 Å². The number of ether oxygens (including phenoxy) is 1. The Kier molecular flexibility index (Phi) is 11.8. The van der Waals surface area contributed by atoms with Crippen molar-refractivity contribution in [3.63, 3.8) is 0 Å². The molecule has 0 saturated heterocycles. The molecule has 0 rings (SSSR count). The van der Waals surface area contributed by atoms with Gasteiger partial charge in [0.05, 0.1) is 40.1 Å². The number of carbonyl (C=O) groups is 2. The average Bonchev–Trinajstić information content (AvgIpc) is 2.43. The summed E-state index contributed by atoms with van der Waals surface area (Å²) >= 11 is 0. The fourth-order valence-electron chi connectivity index (χ4n) is 2.27. The Morgan fingerprint density at radius 1 is 1.12 bits per heavy atom. The highest BCUT2D eigenvalue weighted by Gasteiger charge is 2.25. The molecule has 0 fully saturated rings. The minimum atomic E-state index is -1.01. The predicted molar refractivity (Wildman–Crippen MR) is 98.1 cm³/mol. The van der Waals surface area contributed by atoms with E-state index in [0.717, 1.165) is 19.3 Å². The zero-order valence-electron chi connectivity index (χ0n) is 16.0. The molecule has 0 aliphatic carbocycles. The number of allylic oxidation sites excluding steroid dienone is 3. The molecule has 25 heavy (non-hydrogen) atoms. The van der Waals surface area contributed by atoms with E-state index >= 15 is 0 Å². The van der Waals surface area contributed by atoms with Crippen molar-refractivity contribution in [1.29, 1.82) is 0 Å². The van der Waals surface area contributed by atoms with Crippen molar-refractivity contribution in [2.45, 2.75) is 57.7 Å². The number of likely N-dealkylation sites (N-methyl/N-ethyl adjacent to an activating group) is 1. The molecule has 0 aromatic carbocycles. The zero-order valence-corrected chi connectivity index (χ0v) is 16.0. The summed E-state index contributed by atoms with van der Waals surface area (Å²) in [4.78, 5) is 22.8. The molecule has 0 aliphatic heterocycles. The molecule has 0 heterocycles. The number of hydrogen-bond acceptors (Lipinski definition) is 4. The van der Waals surface area contributed by atoms with Gasteiger partial charge >= 0.3 is 11.9 Å². The fourth-order valence-corrected chi connectivity index (χ4v) is 2.27. The van der Waals surface area contributed by atoms with Crippen LogP contribution in [0.25, 0.3) is 0 Å². The van der Waals surface area contributed by atoms with E-state index in [-0.39, 0.29) is 12.8 Å². The predicted octanol–water partition coefficient (Wildman–Crippen LogP) is 2.52. The van der Waals surface area contributed by atoms with Gasteiger partial charge in [-0.2, -0.15) is 0 Å². The standard InChI is InChI=1S/C19H33NO5/c1-5-6-7-8-9-10-11-12-16(21)13-19(24)25-17(14-18(22)23)15-20(2,3)4/h8-11,16-17,21H,5-7,12-15H2,1-4H3/p+1/b9-8+,11-10+. The number of carboxylic acids is 1. The van der Waals surface area contributed by atoms with E-state index in [1.807, 2.05) is 33.3 Å². The summed E-state index contributed by atoms with van der Waals surface area (Å²) in [6, 6.07) is 0. The van der Waals surface area contributed by atoms with Crippen LogP contribution in [0.1, 0.15) is 45.4 Å². The first kappa shape index (κ1) is 23.3. The number of carboxylic acid groups (broad SMARTS) is 1. The fraction of sp³-hybridized carbons (Fsp3) is 0.684. The number of esters is 1. The number of rotatable bonds is 13. The van der Waals surface area contributed by atoms with E-state index in [9.17, 15) is 14.7 Å². The second-order valence-corrected chi connectivity index (χ2v) is 7.27. The summed E-state index contributed by atoms with van der Waals surface area (Å²) in [5.41, 5.74) is 0. The van der Waals surface area contributed by atoms with Crippen LogP contribution in [-0.2, 0) is 14.3 Å². The molecule has 0 amide bonds. The van der Waals surface area contributed by atoms with Crippen molar-refractivity contribution >= 4 is 11.9 Å². The monoisotopic (exact) mass is 356 g/mol. The normalized spacial score (nSPS) is 14.8. The molecule has 144 valence electrons. The lowest BCUT2D eigenvalue weighted by Gasteiger charge is -2.28. The first-order valence-electron chi connectivity index (χ1n) is 8.85. The molecule has 6 nitrogen and oxygen atoms in total. The highest BCUT2D eigenvalue weighted by atomic mass is 16.5. The third kappa shape index (κ3) is 15.6. The summed E-state index contributed by atoms with van der Waals surface area (Å²) in [7, 11) is 5.70. The third-order valence-corrected chi connectivity index (χ3v) is 3.37. The van der Waals surface area contributed by atoms with E-state index in [1.54, 1.807) is 6.08 Å². The van der Waals surface area contributed by atoms with Crippen molar-refractivity contribution in [2.75, 3.05) is 27.7 Å². The van der Waals surface area contributed by atoms with Gasteiger partial charge in [0.2, 0.25) is 0 Å². The van der Waals surface area contributed by atoms with E-state index < -0.39 is 24.1 Å². The van der Waals surface area contributed by atoms with Gasteiger partial charge in [-0.25, -0.2) is 0 Å². The summed E-state index contributed by atoms with van der Waals surface area (Å²) < 4.78 is 5.73. The Bertz CT molecular complexity index is 451. The molecular formula is C19H34NO5+. The summed E-state index contributed by atoms with van der Waals surface area (Å²) in [6.07, 6.45) is 9.46. The Morgan fingerprint density at radius 3 is 2.32 bits per heavy atom. The summed E-state index contributed by atoms with van der Waals surface area (Å²) in [5.74, 6) is -1.58. The maximum absolute atomic E-state index is 11.9. The van der Waals surface area contributed by atoms with Crippen LogP contribution in [0.4, 0.5) is 0 Å². The summed E-state index contributed by atoms with van der Waals surface area (Å²) in [6.45, 7) is 2.54. The van der Waals surface area contributed by atoms with Crippen LogP contribution < -0.4 is 0 Å². The molecule has 0 aliphatic rings. The highest BCUT2D eigenvalue weighted by Crippen LogP contribution is 2.09. The number of aliphatic hydroxyl groups excluding tert-OH is 1. The highest BCUT2D eigenvalue weighted by molar-refractivity contribution is 5.72. The largest absolute Gasteiger partial charge is 0.481 e. The number of hydrogen-bond donors (Lipinski definition) is 2. The lowest BCUT2D eigenvalue weighted by atomic mass is 10.1. The number of carbonyl (C=O) groups excluding carboxylic acids is 1. The van der Waals surface area contributed by atoms with Crippen LogP contribution >= 0.6 is 0 Å². The topological polar surface area (TPSA) is 83.8 Å². The van der Waals surface area contributed by atoms with Gasteiger partial charge in [-0.05, 0) is 12.8 Å². The van der Waals surface area contributed by atoms with Gasteiger partial charge in [-0.1, -0.05) is 44.1 Å². The van der Waals surface area contributed by atoms with E-state index in [4.69, 9.17) is 9.84 Å². The maximum atomic E-state index is 11.9. The molecule has 6 heteroatoms. The zero-order chi connectivity index (χ0) is 19.3. The number of unbranched alkanes of at least 4 members (excludes halogenated alkanes) is 2. The van der Waals surface area contributed by atoms with Crippen molar-refractivity contribution in [3.05, 3.63) is 24.3 Å². The Labute approximate surface area is 151 Å². The number of nitrogens with zero attached hydrogens (tertiary/aromatic N) is 1. The van der Waals surface area contributed by atoms with Crippen LogP contribution in [0.5, 0.6) is 0 Å². The van der Waals surface area contributed by atoms with Gasteiger partial charge in [0.1, 0.15) is 6.54 Å². The molecule has 2 atom stereocenters. The summed E-state index contributed by atoms with van der Waals surface area (Å²) in [5, 5.41) is 18.8. The molecule has 0 aromatic heterocycles. The molecule has 0 spiro atoms. The van der Waals surface area contributed by atoms with Gasteiger partial charge in [-0.15, -0.1) is 0 Å². The minimum absolute atomic E-state index is 0.142. The van der Waals surface area contributed by atoms with Crippen LogP contribution in [0.2, 0.25) is 0 Å². The average molecular weight is 356 g/mol. The second kappa shape index (κ2) is 12.7. The Hall–Kier alpha value is -1.66. The van der Waals surface area contributed by atoms with Gasteiger partial charge in [0.25, 0.3) is 0 Å². The van der Waals surface area contributed by atoms with Gasteiger partial charge < -0.3 is 19.4 Å². The number of quaternary nitrogens is 1. The lowest BCUT2D eigenvalue weighted by Crippen LogP contribution is -2.44. The van der Waals surface area contributed by atoms with E-state index in [2.05, 4.69) is 13.0 Å². The molecular weight excluding hydrogens is 322 g/mol. The van der Waals surface area contributed by atoms with Crippen molar-refractivity contribution < 1.29 is 29.0 Å². The molecule has 0 saturated carbocycles. The minimum Gasteiger partial charge on any atom is -0.481 e. The first-order valence-corrected chi connectivity index (χ1v) is 8.85.